The summed E-state index contributed by atoms with van der Waals surface area (Å²) in [6.07, 6.45) is 2.10. The smallest absolute Gasteiger partial charge is 0.417 e. The number of carbonyl (C=O) groups is 3. The monoisotopic (exact) mass is 497 g/mol. The maximum atomic E-state index is 13.4. The molecule has 5 heteroatoms. The lowest BCUT2D eigenvalue weighted by Crippen LogP contribution is -2.43. The van der Waals surface area contributed by atoms with Crippen LogP contribution in [0.25, 0.3) is 11.1 Å². The van der Waals surface area contributed by atoms with Crippen molar-refractivity contribution in [3.05, 3.63) is 96.1 Å². The number of rotatable bonds is 8. The number of ether oxygens (including phenoxy) is 1. The van der Waals surface area contributed by atoms with Crippen molar-refractivity contribution in [1.29, 1.82) is 0 Å². The number of nitrogens with zero attached hydrogens (tertiary/aromatic N) is 1. The molecular weight excluding hydrogens is 462 g/mol. The van der Waals surface area contributed by atoms with Crippen LogP contribution in [0.5, 0.6) is 0 Å². The van der Waals surface area contributed by atoms with Crippen LogP contribution in [0.4, 0.5) is 4.79 Å². The molecule has 5 nitrogen and oxygen atoms in total. The van der Waals surface area contributed by atoms with Gasteiger partial charge in [-0.2, -0.15) is 0 Å². The molecule has 2 unspecified atom stereocenters. The molecule has 3 aromatic rings. The number of benzene rings is 3. The molecule has 1 saturated heterocycles. The zero-order valence-electron chi connectivity index (χ0n) is 21.9. The second-order valence-electron chi connectivity index (χ2n) is 10.7. The summed E-state index contributed by atoms with van der Waals surface area (Å²) in [4.78, 5) is 40.2. The molecule has 2 atom stereocenters. The van der Waals surface area contributed by atoms with E-state index in [1.54, 1.807) is 20.8 Å². The van der Waals surface area contributed by atoms with Gasteiger partial charge in [0.05, 0.1) is 0 Å². The Morgan fingerprint density at radius 3 is 2.08 bits per heavy atom. The van der Waals surface area contributed by atoms with Crippen LogP contribution in [-0.2, 0) is 16.0 Å². The van der Waals surface area contributed by atoms with E-state index in [-0.39, 0.29) is 23.7 Å². The Labute approximate surface area is 219 Å². The molecule has 1 heterocycles. The predicted molar refractivity (Wildman–Crippen MR) is 145 cm³/mol. The number of Topliss-reactive ketones (excluding diaryl/α,β-unsaturated/α-hetero) is 1. The van der Waals surface area contributed by atoms with Gasteiger partial charge in [-0.05, 0) is 63.1 Å². The molecule has 0 saturated carbocycles. The molecule has 3 aromatic carbocycles. The van der Waals surface area contributed by atoms with Gasteiger partial charge in [0.15, 0.2) is 5.78 Å². The minimum absolute atomic E-state index is 0.0742. The normalized spacial score (nSPS) is 17.6. The maximum absolute atomic E-state index is 13.4. The second-order valence-corrected chi connectivity index (χ2v) is 10.7. The largest absolute Gasteiger partial charge is 0.443 e. The molecule has 0 N–H and O–H groups in total. The molecule has 1 aliphatic heterocycles. The Bertz CT molecular complexity index is 1210. The molecule has 1 aliphatic rings. The van der Waals surface area contributed by atoms with Gasteiger partial charge in [0.2, 0.25) is 5.91 Å². The van der Waals surface area contributed by atoms with Gasteiger partial charge in [0, 0.05) is 23.9 Å². The Kier molecular flexibility index (Phi) is 8.22. The third kappa shape index (κ3) is 6.94. The van der Waals surface area contributed by atoms with E-state index in [1.807, 2.05) is 48.5 Å². The van der Waals surface area contributed by atoms with Crippen molar-refractivity contribution in [3.8, 4) is 11.1 Å². The number of imide groups is 1. The van der Waals surface area contributed by atoms with Crippen LogP contribution in [0, 0.1) is 5.92 Å². The third-order valence-electron chi connectivity index (χ3n) is 6.68. The molecule has 1 fully saturated rings. The van der Waals surface area contributed by atoms with Gasteiger partial charge in [-0.15, -0.1) is 0 Å². The first-order valence-corrected chi connectivity index (χ1v) is 13.0. The topological polar surface area (TPSA) is 63.7 Å². The Morgan fingerprint density at radius 1 is 0.865 bits per heavy atom. The van der Waals surface area contributed by atoms with Crippen LogP contribution in [0.1, 0.15) is 62.4 Å². The molecular formula is C32H35NO4. The first-order chi connectivity index (χ1) is 17.7. The third-order valence-corrected chi connectivity index (χ3v) is 6.68. The lowest BCUT2D eigenvalue weighted by molar-refractivity contribution is -0.131. The minimum atomic E-state index is -0.695. The van der Waals surface area contributed by atoms with Crippen LogP contribution >= 0.6 is 0 Å². The zero-order valence-corrected chi connectivity index (χ0v) is 21.9. The first-order valence-electron chi connectivity index (χ1n) is 13.0. The van der Waals surface area contributed by atoms with Crippen LogP contribution in [0.2, 0.25) is 0 Å². The molecule has 0 aliphatic carbocycles. The highest BCUT2D eigenvalue weighted by Crippen LogP contribution is 2.33. The highest BCUT2D eigenvalue weighted by atomic mass is 16.6. The highest BCUT2D eigenvalue weighted by Gasteiger charge is 2.44. The maximum Gasteiger partial charge on any atom is 0.417 e. The van der Waals surface area contributed by atoms with Crippen LogP contribution < -0.4 is 0 Å². The fraction of sp³-hybridized carbons (Fsp3) is 0.344. The van der Waals surface area contributed by atoms with Gasteiger partial charge in [-0.3, -0.25) is 9.59 Å². The first kappa shape index (κ1) is 26.3. The molecule has 192 valence electrons. The summed E-state index contributed by atoms with van der Waals surface area (Å²) in [5.41, 5.74) is 3.32. The molecule has 0 spiro atoms. The summed E-state index contributed by atoms with van der Waals surface area (Å²) in [6.45, 7) is 5.40. The van der Waals surface area contributed by atoms with Gasteiger partial charge in [0.25, 0.3) is 0 Å². The van der Waals surface area contributed by atoms with Gasteiger partial charge in [-0.1, -0.05) is 84.9 Å². The van der Waals surface area contributed by atoms with E-state index >= 15 is 0 Å². The average molecular weight is 498 g/mol. The molecule has 37 heavy (non-hydrogen) atoms. The van der Waals surface area contributed by atoms with Crippen molar-refractivity contribution >= 4 is 17.8 Å². The van der Waals surface area contributed by atoms with Crippen molar-refractivity contribution < 1.29 is 19.1 Å². The van der Waals surface area contributed by atoms with Crippen molar-refractivity contribution in [1.82, 2.24) is 4.90 Å². The quantitative estimate of drug-likeness (QED) is 0.311. The van der Waals surface area contributed by atoms with Gasteiger partial charge in [0.1, 0.15) is 5.60 Å². The predicted octanol–water partition coefficient (Wildman–Crippen LogP) is 7.10. The van der Waals surface area contributed by atoms with E-state index in [0.29, 0.717) is 37.7 Å². The van der Waals surface area contributed by atoms with Crippen LogP contribution in [0.3, 0.4) is 0 Å². The molecule has 0 bridgehead atoms. The second kappa shape index (κ2) is 11.5. The van der Waals surface area contributed by atoms with E-state index in [0.717, 1.165) is 16.7 Å². The van der Waals surface area contributed by atoms with Crippen LogP contribution in [0.15, 0.2) is 84.9 Å². The van der Waals surface area contributed by atoms with E-state index in [9.17, 15) is 14.4 Å². The summed E-state index contributed by atoms with van der Waals surface area (Å²) in [5, 5.41) is 0. The lowest BCUT2D eigenvalue weighted by Gasteiger charge is -2.27. The lowest BCUT2D eigenvalue weighted by atomic mass is 9.94. The summed E-state index contributed by atoms with van der Waals surface area (Å²) < 4.78 is 5.60. The molecule has 2 amide bonds. The molecule has 0 radical (unpaired) electrons. The van der Waals surface area contributed by atoms with E-state index < -0.39 is 11.7 Å². The Hall–Kier alpha value is -3.73. The summed E-state index contributed by atoms with van der Waals surface area (Å²) >= 11 is 0. The highest BCUT2D eigenvalue weighted by molar-refractivity contribution is 5.97. The van der Waals surface area contributed by atoms with Crippen LogP contribution in [-0.4, -0.2) is 34.3 Å². The number of amides is 2. The number of hydrogen-bond acceptors (Lipinski definition) is 4. The van der Waals surface area contributed by atoms with Crippen molar-refractivity contribution in [2.24, 2.45) is 5.92 Å². The van der Waals surface area contributed by atoms with Crippen molar-refractivity contribution in [3.63, 3.8) is 0 Å². The number of hydrogen-bond donors (Lipinski definition) is 0. The fourth-order valence-electron chi connectivity index (χ4n) is 4.89. The summed E-state index contributed by atoms with van der Waals surface area (Å²) in [6, 6.07) is 27.4. The minimum Gasteiger partial charge on any atom is -0.443 e. The molecule has 0 aromatic heterocycles. The summed E-state index contributed by atoms with van der Waals surface area (Å²) in [5.74, 6) is -0.429. The fourth-order valence-corrected chi connectivity index (χ4v) is 4.89. The Morgan fingerprint density at radius 2 is 1.46 bits per heavy atom. The molecule has 4 rings (SSSR count). The Balaban J connectivity index is 1.44. The average Bonchev–Trinajstić information content (AvgIpc) is 3.19. The van der Waals surface area contributed by atoms with Gasteiger partial charge < -0.3 is 4.74 Å². The summed E-state index contributed by atoms with van der Waals surface area (Å²) in [7, 11) is 0. The van der Waals surface area contributed by atoms with E-state index in [4.69, 9.17) is 4.74 Å². The number of likely N-dealkylation sites (tertiary alicyclic amines) is 1. The van der Waals surface area contributed by atoms with E-state index in [1.165, 1.54) is 4.90 Å². The van der Waals surface area contributed by atoms with Gasteiger partial charge >= 0.3 is 6.09 Å². The van der Waals surface area contributed by atoms with Crippen molar-refractivity contribution in [2.75, 3.05) is 0 Å². The van der Waals surface area contributed by atoms with Gasteiger partial charge in [-0.25, -0.2) is 9.69 Å². The number of ketones is 1. The van der Waals surface area contributed by atoms with E-state index in [2.05, 4.69) is 36.4 Å². The van der Waals surface area contributed by atoms with Crippen molar-refractivity contribution in [2.45, 2.75) is 64.5 Å². The zero-order chi connectivity index (χ0) is 26.4. The standard InChI is InChI=1S/C32H35NO4/c1-32(2,3)37-31(36)33-28(21-23-17-19-25(20-18-23)24-11-6-4-7-12-24)22-27(30(33)35)15-10-16-29(34)26-13-8-5-9-14-26/h4-9,11-14,17-20,27-28H,10,15-16,21-22H2,1-3H3. The number of carbonyl (C=O) groups excluding carboxylic acids is 3. The SMILES string of the molecule is CC(C)(C)OC(=O)N1C(=O)C(CCCC(=O)c2ccccc2)CC1Cc1ccc(-c2ccccc2)cc1.